The fourth-order valence-corrected chi connectivity index (χ4v) is 1.34. The molecule has 0 bridgehead atoms. The molecule has 0 aromatic heterocycles. The molecular weight excluding hydrogens is 164 g/mol. The number of rotatable bonds is 4. The smallest absolute Gasteiger partial charge is 0.164 e. The van der Waals surface area contributed by atoms with Crippen LogP contribution in [0.4, 0.5) is 0 Å². The van der Waals surface area contributed by atoms with Crippen LogP contribution in [0.25, 0.3) is 0 Å². The molecule has 0 radical (unpaired) electrons. The van der Waals surface area contributed by atoms with Gasteiger partial charge in [-0.25, -0.2) is 0 Å². The van der Waals surface area contributed by atoms with Crippen molar-refractivity contribution in [2.45, 2.75) is 53.6 Å². The van der Waals surface area contributed by atoms with Gasteiger partial charge in [-0.2, -0.15) is 0 Å². The lowest BCUT2D eigenvalue weighted by Gasteiger charge is -2.27. The van der Waals surface area contributed by atoms with Crippen molar-refractivity contribution >= 4 is 5.78 Å². The maximum atomic E-state index is 11.7. The van der Waals surface area contributed by atoms with E-state index in [9.17, 15) is 9.90 Å². The van der Waals surface area contributed by atoms with E-state index in [2.05, 4.69) is 0 Å². The second-order valence-electron chi connectivity index (χ2n) is 4.68. The Morgan fingerprint density at radius 3 is 1.85 bits per heavy atom. The molecule has 0 saturated heterocycles. The second kappa shape index (κ2) is 4.75. The first-order valence-electron chi connectivity index (χ1n) is 5.06. The van der Waals surface area contributed by atoms with Crippen LogP contribution >= 0.6 is 0 Å². The molecule has 0 heterocycles. The Morgan fingerprint density at radius 1 is 1.23 bits per heavy atom. The van der Waals surface area contributed by atoms with Gasteiger partial charge in [0.05, 0.1) is 0 Å². The largest absolute Gasteiger partial charge is 0.385 e. The van der Waals surface area contributed by atoms with Gasteiger partial charge in [0.25, 0.3) is 0 Å². The third kappa shape index (κ3) is 3.47. The third-order valence-electron chi connectivity index (χ3n) is 2.48. The van der Waals surface area contributed by atoms with Crippen LogP contribution in [-0.4, -0.2) is 17.0 Å². The van der Waals surface area contributed by atoms with Crippen molar-refractivity contribution in [3.8, 4) is 0 Å². The molecular formula is C11H22O2. The number of ketones is 1. The minimum atomic E-state index is -0.822. The molecule has 2 nitrogen and oxygen atoms in total. The van der Waals surface area contributed by atoms with E-state index in [4.69, 9.17) is 0 Å². The first-order chi connectivity index (χ1) is 5.84. The van der Waals surface area contributed by atoms with Crippen LogP contribution in [0.2, 0.25) is 0 Å². The van der Waals surface area contributed by atoms with E-state index in [0.717, 1.165) is 12.8 Å². The normalized spacial score (nSPS) is 14.7. The van der Waals surface area contributed by atoms with E-state index >= 15 is 0 Å². The quantitative estimate of drug-likeness (QED) is 0.732. The zero-order valence-electron chi connectivity index (χ0n) is 9.42. The molecule has 0 aromatic rings. The van der Waals surface area contributed by atoms with Crippen molar-refractivity contribution in [3.63, 3.8) is 0 Å². The van der Waals surface area contributed by atoms with Gasteiger partial charge in [0.1, 0.15) is 6.10 Å². The number of carbonyl (C=O) groups excluding carboxylic acids is 1. The molecule has 1 unspecified atom stereocenters. The summed E-state index contributed by atoms with van der Waals surface area (Å²) in [6.07, 6.45) is 0.822. The fourth-order valence-electron chi connectivity index (χ4n) is 1.34. The molecule has 1 atom stereocenters. The topological polar surface area (TPSA) is 37.3 Å². The summed E-state index contributed by atoms with van der Waals surface area (Å²) >= 11 is 0. The molecule has 0 aromatic carbocycles. The van der Waals surface area contributed by atoms with Crippen molar-refractivity contribution < 1.29 is 9.90 Å². The summed E-state index contributed by atoms with van der Waals surface area (Å²) in [5.41, 5.74) is -0.334. The van der Waals surface area contributed by atoms with Crippen LogP contribution in [0.15, 0.2) is 0 Å². The van der Waals surface area contributed by atoms with Gasteiger partial charge in [-0.3, -0.25) is 4.79 Å². The molecule has 0 aliphatic rings. The predicted octanol–water partition coefficient (Wildman–Crippen LogP) is 2.40. The molecule has 2 heteroatoms. The van der Waals surface area contributed by atoms with Crippen LogP contribution in [-0.2, 0) is 4.79 Å². The van der Waals surface area contributed by atoms with Gasteiger partial charge in [0.2, 0.25) is 0 Å². The lowest BCUT2D eigenvalue weighted by molar-refractivity contribution is -0.136. The second-order valence-corrected chi connectivity index (χ2v) is 4.68. The number of Topliss-reactive ketones (excluding diaryl/α,β-unsaturated/α-hetero) is 1. The molecule has 78 valence electrons. The van der Waals surface area contributed by atoms with E-state index in [1.165, 1.54) is 0 Å². The van der Waals surface area contributed by atoms with Crippen LogP contribution < -0.4 is 0 Å². The Bertz CT molecular complexity index is 163. The Morgan fingerprint density at radius 2 is 1.62 bits per heavy atom. The maximum absolute atomic E-state index is 11.7. The molecule has 1 N–H and O–H groups in total. The van der Waals surface area contributed by atoms with Crippen molar-refractivity contribution in [1.29, 1.82) is 0 Å². The van der Waals surface area contributed by atoms with E-state index in [1.54, 1.807) is 0 Å². The first kappa shape index (κ1) is 12.6. The van der Waals surface area contributed by atoms with Gasteiger partial charge in [-0.1, -0.05) is 34.6 Å². The Hall–Kier alpha value is -0.370. The highest BCUT2D eigenvalue weighted by molar-refractivity contribution is 5.85. The molecule has 0 rings (SSSR count). The standard InChI is InChI=1S/C11H22O2/c1-6-8(7-2)9(12)10(13)11(3,4)5/h8,10,13H,6-7H2,1-5H3. The highest BCUT2D eigenvalue weighted by atomic mass is 16.3. The highest BCUT2D eigenvalue weighted by Gasteiger charge is 2.32. The summed E-state index contributed by atoms with van der Waals surface area (Å²) in [5.74, 6) is 0.0201. The Kier molecular flexibility index (Phi) is 4.62. The Labute approximate surface area is 81.3 Å². The summed E-state index contributed by atoms with van der Waals surface area (Å²) in [4.78, 5) is 11.7. The third-order valence-corrected chi connectivity index (χ3v) is 2.48. The summed E-state index contributed by atoms with van der Waals surface area (Å²) in [5, 5.41) is 9.74. The molecule has 0 saturated carbocycles. The monoisotopic (exact) mass is 186 g/mol. The molecule has 13 heavy (non-hydrogen) atoms. The lowest BCUT2D eigenvalue weighted by atomic mass is 9.81. The van der Waals surface area contributed by atoms with E-state index in [1.807, 2.05) is 34.6 Å². The van der Waals surface area contributed by atoms with Crippen LogP contribution in [0.1, 0.15) is 47.5 Å². The lowest BCUT2D eigenvalue weighted by Crippen LogP contribution is -2.38. The average Bonchev–Trinajstić information content (AvgIpc) is 2.03. The van der Waals surface area contributed by atoms with Gasteiger partial charge in [-0.15, -0.1) is 0 Å². The summed E-state index contributed by atoms with van der Waals surface area (Å²) in [7, 11) is 0. The number of carbonyl (C=O) groups is 1. The zero-order chi connectivity index (χ0) is 10.6. The number of hydrogen-bond donors (Lipinski definition) is 1. The fraction of sp³-hybridized carbons (Fsp3) is 0.909. The van der Waals surface area contributed by atoms with Gasteiger partial charge in [0, 0.05) is 5.92 Å². The number of hydrogen-bond acceptors (Lipinski definition) is 2. The maximum Gasteiger partial charge on any atom is 0.164 e. The summed E-state index contributed by atoms with van der Waals surface area (Å²) < 4.78 is 0. The van der Waals surface area contributed by atoms with Gasteiger partial charge < -0.3 is 5.11 Å². The number of aliphatic hydroxyl groups excluding tert-OH is 1. The Balaban J connectivity index is 4.41. The molecule has 0 spiro atoms. The van der Waals surface area contributed by atoms with Crippen molar-refractivity contribution in [2.75, 3.05) is 0 Å². The van der Waals surface area contributed by atoms with Crippen LogP contribution in [0.3, 0.4) is 0 Å². The SMILES string of the molecule is CCC(CC)C(=O)C(O)C(C)(C)C. The van der Waals surface area contributed by atoms with Gasteiger partial charge in [-0.05, 0) is 18.3 Å². The van der Waals surface area contributed by atoms with Crippen molar-refractivity contribution in [1.82, 2.24) is 0 Å². The predicted molar refractivity (Wildman–Crippen MR) is 54.5 cm³/mol. The minimum Gasteiger partial charge on any atom is -0.385 e. The van der Waals surface area contributed by atoms with Crippen LogP contribution in [0, 0.1) is 11.3 Å². The first-order valence-corrected chi connectivity index (χ1v) is 5.06. The van der Waals surface area contributed by atoms with E-state index in [-0.39, 0.29) is 17.1 Å². The molecule has 0 fully saturated rings. The van der Waals surface area contributed by atoms with Gasteiger partial charge in [0.15, 0.2) is 5.78 Å². The van der Waals surface area contributed by atoms with Crippen molar-refractivity contribution in [2.24, 2.45) is 11.3 Å². The molecule has 0 aliphatic carbocycles. The van der Waals surface area contributed by atoms with E-state index < -0.39 is 6.10 Å². The molecule has 0 amide bonds. The summed E-state index contributed by atoms with van der Waals surface area (Å²) in [6.45, 7) is 9.64. The summed E-state index contributed by atoms with van der Waals surface area (Å²) in [6, 6.07) is 0. The van der Waals surface area contributed by atoms with Gasteiger partial charge >= 0.3 is 0 Å². The highest BCUT2D eigenvalue weighted by Crippen LogP contribution is 2.24. The van der Waals surface area contributed by atoms with Crippen molar-refractivity contribution in [3.05, 3.63) is 0 Å². The zero-order valence-corrected chi connectivity index (χ0v) is 9.42. The molecule has 0 aliphatic heterocycles. The number of aliphatic hydroxyl groups is 1. The average molecular weight is 186 g/mol. The minimum absolute atomic E-state index is 0.00231. The van der Waals surface area contributed by atoms with Crippen LogP contribution in [0.5, 0.6) is 0 Å². The van der Waals surface area contributed by atoms with E-state index in [0.29, 0.717) is 0 Å².